The standard InChI is InChI=1S/C15H9Br2N4S4/c1-21(22)15-11(7-3-5-9(17)24-7)14-13(19-25-20-14)10(12(15)18)6-2-4-8(16)23-6/h2-5H,18H2,1H3/q-1. The average molecular weight is 533 g/mol. The molecule has 10 heteroatoms. The van der Waals surface area contributed by atoms with Gasteiger partial charge in [0.25, 0.3) is 0 Å². The number of benzene rings is 1. The lowest BCUT2D eigenvalue weighted by atomic mass is 10.0. The van der Waals surface area contributed by atoms with E-state index in [-0.39, 0.29) is 0 Å². The summed E-state index contributed by atoms with van der Waals surface area (Å²) in [6.45, 7) is 0. The van der Waals surface area contributed by atoms with Gasteiger partial charge in [0.2, 0.25) is 0 Å². The zero-order valence-corrected chi connectivity index (χ0v) is 19.1. The highest BCUT2D eigenvalue weighted by Crippen LogP contribution is 2.50. The number of fused-ring (bicyclic) bond motifs is 1. The molecule has 3 aromatic heterocycles. The van der Waals surface area contributed by atoms with Crippen molar-refractivity contribution in [2.24, 2.45) is 0 Å². The maximum atomic E-state index is 6.61. The highest BCUT2D eigenvalue weighted by molar-refractivity contribution is 9.11. The predicted molar refractivity (Wildman–Crippen MR) is 120 cm³/mol. The van der Waals surface area contributed by atoms with E-state index in [9.17, 15) is 0 Å². The molecule has 0 aliphatic rings. The lowest BCUT2D eigenvalue weighted by Crippen LogP contribution is -2.12. The van der Waals surface area contributed by atoms with E-state index >= 15 is 0 Å². The van der Waals surface area contributed by atoms with E-state index in [0.29, 0.717) is 5.69 Å². The Balaban J connectivity index is 2.14. The van der Waals surface area contributed by atoms with Gasteiger partial charge in [-0.3, -0.25) is 0 Å². The van der Waals surface area contributed by atoms with Crippen molar-refractivity contribution in [3.8, 4) is 20.9 Å². The van der Waals surface area contributed by atoms with Crippen LogP contribution in [0.1, 0.15) is 0 Å². The number of nitrogens with two attached hydrogens (primary N) is 1. The summed E-state index contributed by atoms with van der Waals surface area (Å²) in [6.07, 6.45) is 0. The molecule has 2 N–H and O–H groups in total. The fraction of sp³-hybridized carbons (Fsp3) is 0.0667. The zero-order valence-electron chi connectivity index (χ0n) is 12.6. The smallest absolute Gasteiger partial charge is 0.116 e. The van der Waals surface area contributed by atoms with Crippen LogP contribution in [0, 0.1) is 0 Å². The molecule has 0 saturated carbocycles. The number of halogens is 2. The first-order valence-electron chi connectivity index (χ1n) is 6.97. The van der Waals surface area contributed by atoms with Crippen molar-refractivity contribution in [2.45, 2.75) is 0 Å². The number of nitrogens with zero attached hydrogens (tertiary/aromatic N) is 3. The lowest BCUT2D eigenvalue weighted by molar-refractivity contribution is 1.38. The summed E-state index contributed by atoms with van der Waals surface area (Å²) in [7, 11) is 1.83. The van der Waals surface area contributed by atoms with Crippen molar-refractivity contribution < 1.29 is 0 Å². The van der Waals surface area contributed by atoms with Crippen LogP contribution in [-0.4, -0.2) is 15.8 Å². The van der Waals surface area contributed by atoms with E-state index in [1.165, 1.54) is 11.7 Å². The fourth-order valence-electron chi connectivity index (χ4n) is 2.72. The fourth-order valence-corrected chi connectivity index (χ4v) is 6.35. The van der Waals surface area contributed by atoms with Crippen molar-refractivity contribution in [1.29, 1.82) is 0 Å². The minimum Gasteiger partial charge on any atom is -0.667 e. The third-order valence-electron chi connectivity index (χ3n) is 3.68. The summed E-state index contributed by atoms with van der Waals surface area (Å²) in [5.41, 5.74) is 11.5. The van der Waals surface area contributed by atoms with Crippen LogP contribution in [0.2, 0.25) is 0 Å². The first-order chi connectivity index (χ1) is 12.0. The van der Waals surface area contributed by atoms with Crippen LogP contribution < -0.4 is 10.0 Å². The first-order valence-corrected chi connectivity index (χ1v) is 11.3. The van der Waals surface area contributed by atoms with Crippen LogP contribution in [-0.2, 0) is 12.8 Å². The maximum Gasteiger partial charge on any atom is 0.116 e. The molecule has 0 aliphatic carbocycles. The van der Waals surface area contributed by atoms with Gasteiger partial charge in [0.05, 0.1) is 25.0 Å². The minimum absolute atomic E-state index is 0.631. The molecule has 0 amide bonds. The van der Waals surface area contributed by atoms with Crippen molar-refractivity contribution >= 4 is 101 Å². The first kappa shape index (κ1) is 17.7. The Bertz CT molecular complexity index is 1080. The average Bonchev–Trinajstić information content (AvgIpc) is 3.27. The molecular weight excluding hydrogens is 524 g/mol. The molecule has 4 nitrogen and oxygen atoms in total. The predicted octanol–water partition coefficient (Wildman–Crippen LogP) is 6.15. The van der Waals surface area contributed by atoms with Crippen molar-refractivity contribution in [1.82, 2.24) is 8.75 Å². The largest absolute Gasteiger partial charge is 0.667 e. The Hall–Kier alpha value is -0.650. The summed E-state index contributed by atoms with van der Waals surface area (Å²) in [5, 5.41) is 0. The molecule has 4 aromatic rings. The quantitative estimate of drug-likeness (QED) is 0.253. The monoisotopic (exact) mass is 531 g/mol. The number of anilines is 2. The van der Waals surface area contributed by atoms with Gasteiger partial charge in [0.1, 0.15) is 11.0 Å². The normalized spacial score (nSPS) is 11.4. The second-order valence-electron chi connectivity index (χ2n) is 5.18. The van der Waals surface area contributed by atoms with E-state index in [1.54, 1.807) is 27.0 Å². The SMILES string of the molecule is CN([S-])c1c(N)c(-c2ccc(Br)s2)c2nsnc2c1-c1ccc(Br)s1. The van der Waals surface area contributed by atoms with Crippen LogP contribution >= 0.6 is 66.3 Å². The summed E-state index contributed by atoms with van der Waals surface area (Å²) in [5.74, 6) is 0. The Morgan fingerprint density at radius 3 is 1.96 bits per heavy atom. The van der Waals surface area contributed by atoms with E-state index in [4.69, 9.17) is 18.5 Å². The highest BCUT2D eigenvalue weighted by Gasteiger charge is 2.24. The molecule has 0 unspecified atom stereocenters. The Morgan fingerprint density at radius 1 is 0.960 bits per heavy atom. The molecule has 0 aliphatic heterocycles. The molecule has 0 spiro atoms. The molecule has 1 aromatic carbocycles. The van der Waals surface area contributed by atoms with Crippen molar-refractivity contribution in [2.75, 3.05) is 17.1 Å². The lowest BCUT2D eigenvalue weighted by Gasteiger charge is -2.31. The van der Waals surface area contributed by atoms with Gasteiger partial charge < -0.3 is 22.9 Å². The van der Waals surface area contributed by atoms with E-state index in [2.05, 4.69) is 40.6 Å². The summed E-state index contributed by atoms with van der Waals surface area (Å²) >= 11 is 17.0. The summed E-state index contributed by atoms with van der Waals surface area (Å²) in [6, 6.07) is 8.10. The number of hydrogen-bond acceptors (Lipinski definition) is 8. The molecule has 0 bridgehead atoms. The highest BCUT2D eigenvalue weighted by atomic mass is 79.9. The van der Waals surface area contributed by atoms with Gasteiger partial charge in [-0.1, -0.05) is 0 Å². The molecule has 0 fully saturated rings. The van der Waals surface area contributed by atoms with Gasteiger partial charge in [-0.05, 0) is 63.2 Å². The minimum atomic E-state index is 0.631. The van der Waals surface area contributed by atoms with Crippen LogP contribution in [0.5, 0.6) is 0 Å². The molecule has 0 atom stereocenters. The Kier molecular flexibility index (Phi) is 4.84. The molecule has 0 saturated heterocycles. The van der Waals surface area contributed by atoms with Gasteiger partial charge in [0, 0.05) is 26.6 Å². The van der Waals surface area contributed by atoms with Gasteiger partial charge in [0.15, 0.2) is 0 Å². The number of hydrogen-bond donors (Lipinski definition) is 1. The van der Waals surface area contributed by atoms with E-state index < -0.39 is 0 Å². The zero-order chi connectivity index (χ0) is 17.7. The number of rotatable bonds is 3. The second-order valence-corrected chi connectivity index (χ2v) is 11.2. The maximum absolute atomic E-state index is 6.61. The van der Waals surface area contributed by atoms with Crippen molar-refractivity contribution in [3.63, 3.8) is 0 Å². The molecule has 25 heavy (non-hydrogen) atoms. The van der Waals surface area contributed by atoms with E-state index in [0.717, 1.165) is 45.2 Å². The van der Waals surface area contributed by atoms with Crippen molar-refractivity contribution in [3.05, 3.63) is 31.8 Å². The van der Waals surface area contributed by atoms with Gasteiger partial charge >= 0.3 is 0 Å². The van der Waals surface area contributed by atoms with E-state index in [1.807, 2.05) is 31.3 Å². The van der Waals surface area contributed by atoms with Crippen LogP contribution in [0.3, 0.4) is 0 Å². The molecule has 0 radical (unpaired) electrons. The number of thiophene rings is 2. The molecule has 3 heterocycles. The Morgan fingerprint density at radius 2 is 1.48 bits per heavy atom. The molecule has 128 valence electrons. The molecular formula is C15H9Br2N4S4-. The van der Waals surface area contributed by atoms with Crippen LogP contribution in [0.4, 0.5) is 11.4 Å². The molecule has 4 rings (SSSR count). The third-order valence-corrected chi connectivity index (χ3v) is 7.67. The van der Waals surface area contributed by atoms with Crippen LogP contribution in [0.25, 0.3) is 31.9 Å². The second kappa shape index (κ2) is 6.82. The topological polar surface area (TPSA) is 55.0 Å². The number of nitrogen functional groups attached to an aromatic ring is 1. The van der Waals surface area contributed by atoms with Gasteiger partial charge in [-0.15, -0.1) is 22.7 Å². The summed E-state index contributed by atoms with van der Waals surface area (Å²) in [4.78, 5) is 2.10. The third kappa shape index (κ3) is 3.02. The van der Waals surface area contributed by atoms with Gasteiger partial charge in [-0.25, -0.2) is 0 Å². The van der Waals surface area contributed by atoms with Gasteiger partial charge in [-0.2, -0.15) is 8.75 Å². The number of aromatic nitrogens is 2. The Labute approximate surface area is 178 Å². The summed E-state index contributed by atoms with van der Waals surface area (Å²) < 4.78 is 12.8. The van der Waals surface area contributed by atoms with Crippen LogP contribution in [0.15, 0.2) is 31.8 Å².